The van der Waals surface area contributed by atoms with Crippen molar-refractivity contribution in [3.63, 3.8) is 0 Å². The number of ether oxygens (including phenoxy) is 2. The summed E-state index contributed by atoms with van der Waals surface area (Å²) in [6.07, 6.45) is 1.03. The van der Waals surface area contributed by atoms with Crippen molar-refractivity contribution in [2.45, 2.75) is 38.5 Å². The minimum Gasteiger partial charge on any atom is -0.493 e. The number of nitrogens with two attached hydrogens (primary N) is 1. The number of fused-ring (bicyclic) bond motifs is 1. The fourth-order valence-corrected chi connectivity index (χ4v) is 3.09. The van der Waals surface area contributed by atoms with Gasteiger partial charge in [-0.2, -0.15) is 0 Å². The Kier molecular flexibility index (Phi) is 3.96. The highest BCUT2D eigenvalue weighted by Gasteiger charge is 2.30. The molecule has 0 aliphatic carbocycles. The van der Waals surface area contributed by atoms with Gasteiger partial charge < -0.3 is 15.2 Å². The molecular formula is C16H24N2O2. The molecule has 2 heterocycles. The van der Waals surface area contributed by atoms with E-state index in [0.29, 0.717) is 6.04 Å². The quantitative estimate of drug-likeness (QED) is 0.913. The van der Waals surface area contributed by atoms with Gasteiger partial charge in [-0.25, -0.2) is 0 Å². The smallest absolute Gasteiger partial charge is 0.127 e. The Labute approximate surface area is 120 Å². The molecule has 0 aromatic heterocycles. The van der Waals surface area contributed by atoms with E-state index in [9.17, 15) is 0 Å². The lowest BCUT2D eigenvalue weighted by Crippen LogP contribution is -2.49. The maximum absolute atomic E-state index is 6.47. The van der Waals surface area contributed by atoms with Crippen LogP contribution in [0, 0.1) is 0 Å². The number of hydrogen-bond acceptors (Lipinski definition) is 4. The molecule has 110 valence electrons. The van der Waals surface area contributed by atoms with Gasteiger partial charge >= 0.3 is 0 Å². The van der Waals surface area contributed by atoms with E-state index in [1.54, 1.807) is 0 Å². The number of hydrogen-bond donors (Lipinski definition) is 1. The molecule has 2 unspecified atom stereocenters. The molecule has 1 fully saturated rings. The molecule has 2 atom stereocenters. The van der Waals surface area contributed by atoms with Gasteiger partial charge in [-0.05, 0) is 19.4 Å². The maximum atomic E-state index is 6.47. The van der Waals surface area contributed by atoms with Gasteiger partial charge in [0, 0.05) is 31.1 Å². The van der Waals surface area contributed by atoms with Crippen molar-refractivity contribution in [1.29, 1.82) is 0 Å². The van der Waals surface area contributed by atoms with Crippen molar-refractivity contribution >= 4 is 0 Å². The van der Waals surface area contributed by atoms with Gasteiger partial charge in [-0.3, -0.25) is 4.90 Å². The zero-order valence-corrected chi connectivity index (χ0v) is 12.3. The third-order valence-electron chi connectivity index (χ3n) is 4.36. The van der Waals surface area contributed by atoms with Crippen LogP contribution in [0.4, 0.5) is 0 Å². The molecule has 1 saturated heterocycles. The molecule has 2 aliphatic heterocycles. The molecule has 4 heteroatoms. The SMILES string of the molecule is CC(C)N1CCOC(C(N)c2cccc3c2OCC3)C1. The number of rotatable bonds is 3. The molecule has 20 heavy (non-hydrogen) atoms. The standard InChI is InChI=1S/C16H24N2O2/c1-11(2)18-7-9-19-14(10-18)15(17)13-5-3-4-12-6-8-20-16(12)13/h3-5,11,14-15H,6-10,17H2,1-2H3. The van der Waals surface area contributed by atoms with E-state index in [1.807, 2.05) is 0 Å². The molecule has 2 N–H and O–H groups in total. The lowest BCUT2D eigenvalue weighted by Gasteiger charge is -2.38. The Hall–Kier alpha value is -1.10. The highest BCUT2D eigenvalue weighted by Crippen LogP contribution is 2.35. The number of morpholine rings is 1. The van der Waals surface area contributed by atoms with Gasteiger partial charge in [0.15, 0.2) is 0 Å². The Morgan fingerprint density at radius 1 is 1.30 bits per heavy atom. The highest BCUT2D eigenvalue weighted by molar-refractivity contribution is 5.46. The first-order chi connectivity index (χ1) is 9.66. The lowest BCUT2D eigenvalue weighted by atomic mass is 9.97. The van der Waals surface area contributed by atoms with E-state index in [1.165, 1.54) is 5.56 Å². The van der Waals surface area contributed by atoms with Crippen molar-refractivity contribution in [2.24, 2.45) is 5.73 Å². The summed E-state index contributed by atoms with van der Waals surface area (Å²) in [6.45, 7) is 7.84. The van der Waals surface area contributed by atoms with Crippen molar-refractivity contribution in [3.8, 4) is 5.75 Å². The molecule has 1 aromatic rings. The van der Waals surface area contributed by atoms with Crippen LogP contribution in [0.5, 0.6) is 5.75 Å². The highest BCUT2D eigenvalue weighted by atomic mass is 16.5. The predicted molar refractivity (Wildman–Crippen MR) is 79.0 cm³/mol. The first kappa shape index (κ1) is 13.9. The second kappa shape index (κ2) is 5.72. The first-order valence-corrected chi connectivity index (χ1v) is 7.52. The van der Waals surface area contributed by atoms with Crippen LogP contribution in [0.1, 0.15) is 31.0 Å². The normalized spacial score (nSPS) is 24.5. The van der Waals surface area contributed by atoms with Crippen LogP contribution in [0.15, 0.2) is 18.2 Å². The summed E-state index contributed by atoms with van der Waals surface area (Å²) in [5.74, 6) is 0.991. The lowest BCUT2D eigenvalue weighted by molar-refractivity contribution is -0.0505. The Balaban J connectivity index is 1.79. The van der Waals surface area contributed by atoms with E-state index in [4.69, 9.17) is 15.2 Å². The Morgan fingerprint density at radius 2 is 2.15 bits per heavy atom. The first-order valence-electron chi connectivity index (χ1n) is 7.52. The summed E-state index contributed by atoms with van der Waals surface area (Å²) < 4.78 is 11.7. The Bertz CT molecular complexity index is 476. The van der Waals surface area contributed by atoms with Gasteiger partial charge in [-0.1, -0.05) is 18.2 Å². The van der Waals surface area contributed by atoms with E-state index >= 15 is 0 Å². The van der Waals surface area contributed by atoms with Crippen LogP contribution in [-0.4, -0.2) is 43.3 Å². The number of benzene rings is 1. The van der Waals surface area contributed by atoms with Gasteiger partial charge in [0.25, 0.3) is 0 Å². The van der Waals surface area contributed by atoms with Gasteiger partial charge in [0.05, 0.1) is 25.4 Å². The molecule has 1 aromatic carbocycles. The summed E-state index contributed by atoms with van der Waals surface area (Å²) in [7, 11) is 0. The van der Waals surface area contributed by atoms with Crippen molar-refractivity contribution in [2.75, 3.05) is 26.3 Å². The summed E-state index contributed by atoms with van der Waals surface area (Å²) in [4.78, 5) is 2.43. The molecule has 0 radical (unpaired) electrons. The van der Waals surface area contributed by atoms with Crippen LogP contribution in [0.3, 0.4) is 0 Å². The van der Waals surface area contributed by atoms with E-state index in [2.05, 4.69) is 36.9 Å². The van der Waals surface area contributed by atoms with Crippen molar-refractivity contribution in [1.82, 2.24) is 4.90 Å². The average molecular weight is 276 g/mol. The van der Waals surface area contributed by atoms with Crippen LogP contribution in [-0.2, 0) is 11.2 Å². The summed E-state index contributed by atoms with van der Waals surface area (Å²) >= 11 is 0. The second-order valence-electron chi connectivity index (χ2n) is 5.96. The zero-order chi connectivity index (χ0) is 14.1. The van der Waals surface area contributed by atoms with Gasteiger partial charge in [-0.15, -0.1) is 0 Å². The zero-order valence-electron chi connectivity index (χ0n) is 12.3. The monoisotopic (exact) mass is 276 g/mol. The van der Waals surface area contributed by atoms with E-state index in [0.717, 1.165) is 44.0 Å². The van der Waals surface area contributed by atoms with Crippen LogP contribution >= 0.6 is 0 Å². The largest absolute Gasteiger partial charge is 0.493 e. The fraction of sp³-hybridized carbons (Fsp3) is 0.625. The minimum absolute atomic E-state index is 0.0434. The maximum Gasteiger partial charge on any atom is 0.127 e. The molecule has 0 spiro atoms. The molecule has 3 rings (SSSR count). The number of nitrogens with zero attached hydrogens (tertiary/aromatic N) is 1. The summed E-state index contributed by atoms with van der Waals surface area (Å²) in [5.41, 5.74) is 8.84. The third-order valence-corrected chi connectivity index (χ3v) is 4.36. The molecule has 2 aliphatic rings. The second-order valence-corrected chi connectivity index (χ2v) is 5.96. The number of para-hydroxylation sites is 1. The van der Waals surface area contributed by atoms with E-state index in [-0.39, 0.29) is 12.1 Å². The third kappa shape index (κ3) is 2.55. The van der Waals surface area contributed by atoms with Crippen molar-refractivity contribution < 1.29 is 9.47 Å². The molecule has 4 nitrogen and oxygen atoms in total. The molecule has 0 amide bonds. The summed E-state index contributed by atoms with van der Waals surface area (Å²) in [6, 6.07) is 6.69. The Morgan fingerprint density at radius 3 is 2.95 bits per heavy atom. The molecule has 0 bridgehead atoms. The molecular weight excluding hydrogens is 252 g/mol. The van der Waals surface area contributed by atoms with Crippen LogP contribution in [0.2, 0.25) is 0 Å². The predicted octanol–water partition coefficient (Wildman–Crippen LogP) is 1.73. The minimum atomic E-state index is -0.121. The average Bonchev–Trinajstić information content (AvgIpc) is 2.95. The van der Waals surface area contributed by atoms with Gasteiger partial charge in [0.2, 0.25) is 0 Å². The van der Waals surface area contributed by atoms with Gasteiger partial charge in [0.1, 0.15) is 5.75 Å². The van der Waals surface area contributed by atoms with Crippen LogP contribution in [0.25, 0.3) is 0 Å². The van der Waals surface area contributed by atoms with E-state index < -0.39 is 0 Å². The fourth-order valence-electron chi connectivity index (χ4n) is 3.09. The van der Waals surface area contributed by atoms with Crippen molar-refractivity contribution in [3.05, 3.63) is 29.3 Å². The topological polar surface area (TPSA) is 47.7 Å². The summed E-state index contributed by atoms with van der Waals surface area (Å²) in [5, 5.41) is 0. The van der Waals surface area contributed by atoms with Crippen LogP contribution < -0.4 is 10.5 Å². The molecule has 0 saturated carbocycles.